The number of hydrogen-bond donors (Lipinski definition) is 1. The Labute approximate surface area is 140 Å². The summed E-state index contributed by atoms with van der Waals surface area (Å²) < 4.78 is 31.1. The van der Waals surface area contributed by atoms with E-state index in [1.54, 1.807) is 0 Å². The Morgan fingerprint density at radius 1 is 1.21 bits per heavy atom. The van der Waals surface area contributed by atoms with Crippen LogP contribution in [0.15, 0.2) is 47.2 Å². The number of carbonyl (C=O) groups is 1. The predicted octanol–water partition coefficient (Wildman–Crippen LogP) is 1.40. The van der Waals surface area contributed by atoms with Gasteiger partial charge in [0.1, 0.15) is 6.26 Å². The van der Waals surface area contributed by atoms with Crippen molar-refractivity contribution in [3.63, 3.8) is 0 Å². The Morgan fingerprint density at radius 2 is 1.92 bits per heavy atom. The minimum Gasteiger partial charge on any atom is -0.364 e. The second-order valence-corrected chi connectivity index (χ2v) is 7.74. The van der Waals surface area contributed by atoms with E-state index in [1.165, 1.54) is 16.6 Å². The number of sulfonamides is 1. The van der Waals surface area contributed by atoms with Crippen LogP contribution >= 0.6 is 0 Å². The van der Waals surface area contributed by atoms with Gasteiger partial charge in [-0.3, -0.25) is 4.79 Å². The van der Waals surface area contributed by atoms with Crippen LogP contribution in [0.4, 0.5) is 0 Å². The Hall–Kier alpha value is -2.19. The first kappa shape index (κ1) is 16.7. The summed E-state index contributed by atoms with van der Waals surface area (Å²) in [6, 6.07) is 10.6. The average molecular weight is 349 g/mol. The summed E-state index contributed by atoms with van der Waals surface area (Å²) in [5.74, 6) is -0.293. The van der Waals surface area contributed by atoms with E-state index in [-0.39, 0.29) is 23.4 Å². The molecule has 1 amide bonds. The van der Waals surface area contributed by atoms with Gasteiger partial charge in [0.05, 0.1) is 5.75 Å². The Balaban J connectivity index is 1.53. The minimum atomic E-state index is -3.34. The van der Waals surface area contributed by atoms with Crippen LogP contribution in [0.1, 0.15) is 28.9 Å². The Bertz CT molecular complexity index is 767. The molecule has 1 aliphatic rings. The summed E-state index contributed by atoms with van der Waals surface area (Å²) in [5.41, 5.74) is 1.01. The molecule has 0 saturated carbocycles. The monoisotopic (exact) mass is 349 g/mol. The van der Waals surface area contributed by atoms with Crippen molar-refractivity contribution in [2.75, 3.05) is 13.1 Å². The van der Waals surface area contributed by atoms with Gasteiger partial charge in [-0.05, 0) is 18.4 Å². The van der Waals surface area contributed by atoms with Gasteiger partial charge < -0.3 is 9.84 Å². The maximum absolute atomic E-state index is 12.5. The van der Waals surface area contributed by atoms with Crippen molar-refractivity contribution in [1.82, 2.24) is 14.8 Å². The van der Waals surface area contributed by atoms with Gasteiger partial charge in [-0.2, -0.15) is 0 Å². The van der Waals surface area contributed by atoms with Crippen LogP contribution in [0.3, 0.4) is 0 Å². The van der Waals surface area contributed by atoms with Gasteiger partial charge in [0.2, 0.25) is 10.0 Å². The van der Waals surface area contributed by atoms with Crippen molar-refractivity contribution in [3.8, 4) is 0 Å². The number of aromatic nitrogens is 1. The first-order valence-electron chi connectivity index (χ1n) is 7.77. The third-order valence-electron chi connectivity index (χ3n) is 4.04. The van der Waals surface area contributed by atoms with Gasteiger partial charge in [-0.25, -0.2) is 12.7 Å². The molecule has 1 N–H and O–H groups in total. The van der Waals surface area contributed by atoms with E-state index in [1.807, 2.05) is 30.3 Å². The average Bonchev–Trinajstić information content (AvgIpc) is 3.10. The number of rotatable bonds is 5. The molecular formula is C16H19N3O4S. The van der Waals surface area contributed by atoms with Gasteiger partial charge in [0.25, 0.3) is 5.91 Å². The minimum absolute atomic E-state index is 0.00378. The lowest BCUT2D eigenvalue weighted by Gasteiger charge is -2.31. The molecule has 0 aliphatic carbocycles. The number of nitrogens with zero attached hydrogens (tertiary/aromatic N) is 2. The van der Waals surface area contributed by atoms with Crippen molar-refractivity contribution in [2.45, 2.75) is 24.6 Å². The molecule has 3 rings (SSSR count). The first-order chi connectivity index (χ1) is 11.5. The summed E-state index contributed by atoms with van der Waals surface area (Å²) in [6.45, 7) is 0.803. The summed E-state index contributed by atoms with van der Waals surface area (Å²) in [4.78, 5) is 11.9. The van der Waals surface area contributed by atoms with Crippen LogP contribution < -0.4 is 5.32 Å². The molecule has 1 aliphatic heterocycles. The number of amides is 1. The van der Waals surface area contributed by atoms with E-state index in [2.05, 4.69) is 15.0 Å². The summed E-state index contributed by atoms with van der Waals surface area (Å²) in [7, 11) is -3.34. The number of carbonyl (C=O) groups excluding carboxylic acids is 1. The van der Waals surface area contributed by atoms with Crippen LogP contribution in [-0.2, 0) is 15.8 Å². The fourth-order valence-corrected chi connectivity index (χ4v) is 4.31. The van der Waals surface area contributed by atoms with E-state index in [0.717, 1.165) is 5.56 Å². The van der Waals surface area contributed by atoms with Crippen LogP contribution in [0.2, 0.25) is 0 Å². The Morgan fingerprint density at radius 3 is 2.54 bits per heavy atom. The fourth-order valence-electron chi connectivity index (χ4n) is 2.74. The molecule has 2 heterocycles. The third kappa shape index (κ3) is 4.01. The standard InChI is InChI=1S/C16H19N3O4S/c20-16(15-8-11-23-18-15)17-14-6-9-19(10-7-14)24(21,22)12-13-4-2-1-3-5-13/h1-5,8,11,14H,6-7,9-10,12H2,(H,17,20). The summed E-state index contributed by atoms with van der Waals surface area (Å²) in [6.07, 6.45) is 2.50. The van der Waals surface area contributed by atoms with Crippen molar-refractivity contribution in [1.29, 1.82) is 0 Å². The molecule has 0 bridgehead atoms. The number of piperidine rings is 1. The molecule has 1 aromatic carbocycles. The lowest BCUT2D eigenvalue weighted by molar-refractivity contribution is 0.0914. The second-order valence-electron chi connectivity index (χ2n) is 5.77. The normalized spacial score (nSPS) is 16.8. The molecular weight excluding hydrogens is 330 g/mol. The zero-order valence-corrected chi connectivity index (χ0v) is 13.9. The van der Waals surface area contributed by atoms with E-state index >= 15 is 0 Å². The molecule has 128 valence electrons. The topological polar surface area (TPSA) is 92.5 Å². The summed E-state index contributed by atoms with van der Waals surface area (Å²) in [5, 5.41) is 6.45. The summed E-state index contributed by atoms with van der Waals surface area (Å²) >= 11 is 0. The molecule has 1 aromatic heterocycles. The van der Waals surface area contributed by atoms with E-state index in [9.17, 15) is 13.2 Å². The number of nitrogens with one attached hydrogen (secondary N) is 1. The number of hydrogen-bond acceptors (Lipinski definition) is 5. The molecule has 0 spiro atoms. The zero-order valence-electron chi connectivity index (χ0n) is 13.1. The van der Waals surface area contributed by atoms with Crippen molar-refractivity contribution < 1.29 is 17.7 Å². The van der Waals surface area contributed by atoms with Gasteiger partial charge in [-0.1, -0.05) is 35.5 Å². The Kier molecular flexibility index (Phi) is 4.96. The molecule has 1 saturated heterocycles. The second kappa shape index (κ2) is 7.14. The highest BCUT2D eigenvalue weighted by Crippen LogP contribution is 2.18. The molecule has 1 fully saturated rings. The maximum atomic E-state index is 12.5. The SMILES string of the molecule is O=C(NC1CCN(S(=O)(=O)Cc2ccccc2)CC1)c1ccon1. The van der Waals surface area contributed by atoms with Crippen LogP contribution in [-0.4, -0.2) is 42.9 Å². The van der Waals surface area contributed by atoms with E-state index in [4.69, 9.17) is 0 Å². The molecule has 0 atom stereocenters. The predicted molar refractivity (Wildman–Crippen MR) is 87.6 cm³/mol. The van der Waals surface area contributed by atoms with Crippen LogP contribution in [0.5, 0.6) is 0 Å². The molecule has 2 aromatic rings. The highest BCUT2D eigenvalue weighted by molar-refractivity contribution is 7.88. The molecule has 7 nitrogen and oxygen atoms in total. The van der Waals surface area contributed by atoms with Crippen LogP contribution in [0.25, 0.3) is 0 Å². The van der Waals surface area contributed by atoms with E-state index in [0.29, 0.717) is 25.9 Å². The van der Waals surface area contributed by atoms with Gasteiger partial charge in [0.15, 0.2) is 5.69 Å². The van der Waals surface area contributed by atoms with Crippen molar-refractivity contribution >= 4 is 15.9 Å². The molecule has 0 unspecified atom stereocenters. The largest absolute Gasteiger partial charge is 0.364 e. The first-order valence-corrected chi connectivity index (χ1v) is 9.38. The molecule has 8 heteroatoms. The van der Waals surface area contributed by atoms with E-state index < -0.39 is 10.0 Å². The molecule has 24 heavy (non-hydrogen) atoms. The highest BCUT2D eigenvalue weighted by atomic mass is 32.2. The zero-order chi connectivity index (χ0) is 17.0. The lowest BCUT2D eigenvalue weighted by Crippen LogP contribution is -2.46. The maximum Gasteiger partial charge on any atom is 0.273 e. The smallest absolute Gasteiger partial charge is 0.273 e. The van der Waals surface area contributed by atoms with Gasteiger partial charge >= 0.3 is 0 Å². The lowest BCUT2D eigenvalue weighted by atomic mass is 10.1. The molecule has 0 radical (unpaired) electrons. The van der Waals surface area contributed by atoms with Crippen LogP contribution in [0, 0.1) is 0 Å². The van der Waals surface area contributed by atoms with Crippen molar-refractivity contribution in [2.24, 2.45) is 0 Å². The number of benzene rings is 1. The van der Waals surface area contributed by atoms with Gasteiger partial charge in [0, 0.05) is 25.2 Å². The quantitative estimate of drug-likeness (QED) is 0.881. The van der Waals surface area contributed by atoms with Gasteiger partial charge in [-0.15, -0.1) is 0 Å². The fraction of sp³-hybridized carbons (Fsp3) is 0.375. The van der Waals surface area contributed by atoms with Crippen molar-refractivity contribution in [3.05, 3.63) is 53.9 Å². The highest BCUT2D eigenvalue weighted by Gasteiger charge is 2.29. The third-order valence-corrected chi connectivity index (χ3v) is 5.89.